The van der Waals surface area contributed by atoms with Crippen LogP contribution in [0, 0.1) is 0 Å². The van der Waals surface area contributed by atoms with Gasteiger partial charge >= 0.3 is 0 Å². The number of rotatable bonds is 6. The first-order chi connectivity index (χ1) is 30.0. The van der Waals surface area contributed by atoms with Gasteiger partial charge in [-0.1, -0.05) is 184 Å². The summed E-state index contributed by atoms with van der Waals surface area (Å²) < 4.78 is 0. The van der Waals surface area contributed by atoms with Gasteiger partial charge in [-0.15, -0.1) is 0 Å². The Morgan fingerprint density at radius 2 is 1.00 bits per heavy atom. The number of fused-ring (bicyclic) bond motifs is 9. The van der Waals surface area contributed by atoms with E-state index in [1.54, 1.807) is 0 Å². The predicted molar refractivity (Wildman–Crippen MR) is 256 cm³/mol. The van der Waals surface area contributed by atoms with Crippen LogP contribution in [0.15, 0.2) is 206 Å². The van der Waals surface area contributed by atoms with Crippen LogP contribution in [0.25, 0.3) is 50.2 Å². The molecule has 12 rings (SSSR count). The molecular formula is C60H45N. The average molecular weight is 780 g/mol. The molecule has 9 aromatic rings. The van der Waals surface area contributed by atoms with E-state index < -0.39 is 5.41 Å². The molecule has 0 heterocycles. The number of hydrogen-bond acceptors (Lipinski definition) is 1. The van der Waals surface area contributed by atoms with Crippen molar-refractivity contribution in [2.45, 2.75) is 37.5 Å². The van der Waals surface area contributed by atoms with Gasteiger partial charge in [0.2, 0.25) is 0 Å². The van der Waals surface area contributed by atoms with Crippen molar-refractivity contribution in [1.29, 1.82) is 0 Å². The van der Waals surface area contributed by atoms with Crippen LogP contribution < -0.4 is 4.90 Å². The Morgan fingerprint density at radius 1 is 0.426 bits per heavy atom. The molecule has 3 aliphatic carbocycles. The second kappa shape index (κ2) is 13.7. The Labute approximate surface area is 358 Å². The van der Waals surface area contributed by atoms with Crippen LogP contribution >= 0.6 is 0 Å². The van der Waals surface area contributed by atoms with Crippen LogP contribution in [0.2, 0.25) is 0 Å². The second-order valence-electron chi connectivity index (χ2n) is 17.6. The molecule has 0 atom stereocenters. The molecule has 61 heavy (non-hydrogen) atoms. The third kappa shape index (κ3) is 5.33. The van der Waals surface area contributed by atoms with Crippen LogP contribution in [0.4, 0.5) is 17.1 Å². The minimum Gasteiger partial charge on any atom is -0.310 e. The lowest BCUT2D eigenvalue weighted by Gasteiger charge is -2.35. The highest BCUT2D eigenvalue weighted by molar-refractivity contribution is 5.97. The van der Waals surface area contributed by atoms with Gasteiger partial charge < -0.3 is 4.90 Å². The van der Waals surface area contributed by atoms with Crippen molar-refractivity contribution >= 4 is 33.9 Å². The minimum absolute atomic E-state index is 0.0143. The summed E-state index contributed by atoms with van der Waals surface area (Å²) in [5, 5.41) is 2.56. The quantitative estimate of drug-likeness (QED) is 0.162. The predicted octanol–water partition coefficient (Wildman–Crippen LogP) is 15.6. The van der Waals surface area contributed by atoms with Crippen molar-refractivity contribution < 1.29 is 0 Å². The first-order valence-corrected chi connectivity index (χ1v) is 21.7. The standard InChI is InChI=1S/C60H45N/c1-59(2)55-23-13-11-22-51(55)54-37-43(30-36-56(54)59)40-27-31-46(32-28-40)61(47-33-29-42-26-25-41-15-9-10-20-49(41)53(42)38-47)48-34-35-52-50-21-12-14-24-57(50)60(58(52)39-48,44-16-5-3-6-17-44)45-18-7-4-8-19-45/h3-8,10-14,16-39H,9,15H2,1-2H3. The highest BCUT2D eigenvalue weighted by atomic mass is 15.1. The van der Waals surface area contributed by atoms with Crippen LogP contribution in [0.3, 0.4) is 0 Å². The molecule has 0 amide bonds. The lowest BCUT2D eigenvalue weighted by atomic mass is 9.67. The van der Waals surface area contributed by atoms with Crippen LogP contribution in [0.5, 0.6) is 0 Å². The van der Waals surface area contributed by atoms with Crippen LogP contribution in [-0.2, 0) is 17.3 Å². The largest absolute Gasteiger partial charge is 0.310 e. The minimum atomic E-state index is -0.492. The maximum Gasteiger partial charge on any atom is 0.0714 e. The van der Waals surface area contributed by atoms with Gasteiger partial charge in [-0.2, -0.15) is 0 Å². The topological polar surface area (TPSA) is 3.24 Å². The number of nitrogens with zero attached hydrogens (tertiary/aromatic N) is 1. The fourth-order valence-electron chi connectivity index (χ4n) is 11.1. The summed E-state index contributed by atoms with van der Waals surface area (Å²) in [6, 6.07) is 75.3. The monoisotopic (exact) mass is 779 g/mol. The first-order valence-electron chi connectivity index (χ1n) is 21.7. The Morgan fingerprint density at radius 3 is 1.75 bits per heavy atom. The maximum atomic E-state index is 2.48. The van der Waals surface area contributed by atoms with Gasteiger partial charge in [-0.25, -0.2) is 0 Å². The van der Waals surface area contributed by atoms with E-state index in [9.17, 15) is 0 Å². The van der Waals surface area contributed by atoms with Gasteiger partial charge in [-0.3, -0.25) is 0 Å². The fraction of sp³-hybridized carbons (Fsp3) is 0.100. The average Bonchev–Trinajstić information content (AvgIpc) is 3.75. The van der Waals surface area contributed by atoms with E-state index in [1.165, 1.54) is 88.7 Å². The highest BCUT2D eigenvalue weighted by Crippen LogP contribution is 2.57. The number of anilines is 3. The summed E-state index contributed by atoms with van der Waals surface area (Å²) in [7, 11) is 0. The second-order valence-corrected chi connectivity index (χ2v) is 17.6. The Bertz CT molecular complexity index is 3170. The molecule has 0 bridgehead atoms. The van der Waals surface area contributed by atoms with Gasteiger partial charge in [0.25, 0.3) is 0 Å². The zero-order chi connectivity index (χ0) is 40.7. The molecule has 1 heteroatoms. The molecule has 1 nitrogen and oxygen atoms in total. The summed E-state index contributed by atoms with van der Waals surface area (Å²) in [5.74, 6) is 0. The normalized spacial score (nSPS) is 14.8. The number of benzene rings is 9. The van der Waals surface area contributed by atoms with Crippen molar-refractivity contribution in [2.75, 3.05) is 4.90 Å². The molecule has 0 spiro atoms. The van der Waals surface area contributed by atoms with Gasteiger partial charge in [0.05, 0.1) is 5.41 Å². The molecule has 0 aliphatic heterocycles. The molecule has 0 aromatic heterocycles. The van der Waals surface area contributed by atoms with Gasteiger partial charge in [0.1, 0.15) is 0 Å². The van der Waals surface area contributed by atoms with Crippen molar-refractivity contribution in [3.8, 4) is 33.4 Å². The van der Waals surface area contributed by atoms with Crippen molar-refractivity contribution in [3.05, 3.63) is 251 Å². The van der Waals surface area contributed by atoms with Crippen molar-refractivity contribution in [2.24, 2.45) is 0 Å². The molecular weight excluding hydrogens is 735 g/mol. The van der Waals surface area contributed by atoms with E-state index in [-0.39, 0.29) is 5.41 Å². The molecule has 0 N–H and O–H groups in total. The summed E-state index contributed by atoms with van der Waals surface area (Å²) in [6.45, 7) is 4.70. The van der Waals surface area contributed by atoms with E-state index in [2.05, 4.69) is 231 Å². The zero-order valence-electron chi connectivity index (χ0n) is 34.6. The van der Waals surface area contributed by atoms with Crippen molar-refractivity contribution in [1.82, 2.24) is 0 Å². The SMILES string of the molecule is CC1(C)c2ccccc2-c2cc(-c3ccc(N(c4ccc5c(c4)C(c4ccccc4)(c4ccccc4)c4ccccc4-5)c4ccc5ccc6c(c5c4)C=CCC6)cc3)ccc21. The third-order valence-electron chi connectivity index (χ3n) is 14.0. The summed E-state index contributed by atoms with van der Waals surface area (Å²) in [6.07, 6.45) is 6.83. The van der Waals surface area contributed by atoms with Gasteiger partial charge in [0, 0.05) is 22.5 Å². The molecule has 3 aliphatic rings. The van der Waals surface area contributed by atoms with E-state index in [1.807, 2.05) is 0 Å². The third-order valence-corrected chi connectivity index (χ3v) is 14.0. The highest BCUT2D eigenvalue weighted by Gasteiger charge is 2.46. The molecule has 0 radical (unpaired) electrons. The smallest absolute Gasteiger partial charge is 0.0714 e. The van der Waals surface area contributed by atoms with Crippen LogP contribution in [0.1, 0.15) is 64.8 Å². The van der Waals surface area contributed by atoms with E-state index in [0.717, 1.165) is 29.9 Å². The van der Waals surface area contributed by atoms with Crippen molar-refractivity contribution in [3.63, 3.8) is 0 Å². The fourth-order valence-corrected chi connectivity index (χ4v) is 11.1. The van der Waals surface area contributed by atoms with E-state index in [4.69, 9.17) is 0 Å². The zero-order valence-corrected chi connectivity index (χ0v) is 34.6. The molecule has 0 fully saturated rings. The summed E-state index contributed by atoms with van der Waals surface area (Å²) in [4.78, 5) is 2.47. The summed E-state index contributed by atoms with van der Waals surface area (Å²) in [5.41, 5.74) is 21.3. The molecule has 0 saturated heterocycles. The number of aryl methyl sites for hydroxylation is 1. The number of allylic oxidation sites excluding steroid dienone is 1. The lowest BCUT2D eigenvalue weighted by molar-refractivity contribution is 0.660. The Hall–Kier alpha value is -7.22. The van der Waals surface area contributed by atoms with Gasteiger partial charge in [-0.05, 0) is 144 Å². The molecule has 9 aromatic carbocycles. The van der Waals surface area contributed by atoms with Crippen LogP contribution in [-0.4, -0.2) is 0 Å². The molecule has 290 valence electrons. The Kier molecular flexibility index (Phi) is 7.99. The first kappa shape index (κ1) is 35.7. The molecule has 0 unspecified atom stereocenters. The van der Waals surface area contributed by atoms with E-state index in [0.29, 0.717) is 0 Å². The molecule has 0 saturated carbocycles. The summed E-state index contributed by atoms with van der Waals surface area (Å²) >= 11 is 0. The lowest BCUT2D eigenvalue weighted by Crippen LogP contribution is -2.28. The van der Waals surface area contributed by atoms with E-state index >= 15 is 0 Å². The maximum absolute atomic E-state index is 2.48. The number of hydrogen-bond donors (Lipinski definition) is 0. The van der Waals surface area contributed by atoms with Gasteiger partial charge in [0.15, 0.2) is 0 Å². The Balaban J connectivity index is 1.05.